The van der Waals surface area contributed by atoms with E-state index in [0.717, 1.165) is 25.8 Å². The average Bonchev–Trinajstić information content (AvgIpc) is 2.66. The lowest BCUT2D eigenvalue weighted by Crippen LogP contribution is -2.53. The van der Waals surface area contributed by atoms with Crippen LogP contribution in [0.3, 0.4) is 0 Å². The molecule has 1 unspecified atom stereocenters. The Morgan fingerprint density at radius 1 is 1.12 bits per heavy atom. The lowest BCUT2D eigenvalue weighted by atomic mass is 9.94. The van der Waals surface area contributed by atoms with Crippen molar-refractivity contribution in [3.05, 3.63) is 47.0 Å². The molecule has 5 nitrogen and oxygen atoms in total. The van der Waals surface area contributed by atoms with Gasteiger partial charge in [0, 0.05) is 43.3 Å². The fourth-order valence-corrected chi connectivity index (χ4v) is 3.49. The molecule has 2 aliphatic rings. The lowest BCUT2D eigenvalue weighted by molar-refractivity contribution is 0.0664. The van der Waals surface area contributed by atoms with E-state index in [9.17, 15) is 9.59 Å². The molecular formula is C19H24ClN3O2. The van der Waals surface area contributed by atoms with Gasteiger partial charge in [-0.1, -0.05) is 29.8 Å². The van der Waals surface area contributed by atoms with Crippen molar-refractivity contribution in [3.63, 3.8) is 0 Å². The average molecular weight is 362 g/mol. The maximum absolute atomic E-state index is 12.5. The standard InChI is InChI=1S/C19H24ClN3O2/c20-17-8-4-7-16(13-17)18(24)22-9-11-23(12-10-22)19(25)21-14-15-5-2-1-3-6-15/h1-2,4,7-8,13,15H,3,5-6,9-12,14H2,(H,21,25). The Bertz CT molecular complexity index is 654. The highest BCUT2D eigenvalue weighted by Gasteiger charge is 2.25. The van der Waals surface area contributed by atoms with Gasteiger partial charge < -0.3 is 15.1 Å². The number of nitrogens with one attached hydrogen (secondary N) is 1. The van der Waals surface area contributed by atoms with E-state index in [1.165, 1.54) is 0 Å². The Morgan fingerprint density at radius 2 is 1.88 bits per heavy atom. The number of piperazine rings is 1. The van der Waals surface area contributed by atoms with E-state index < -0.39 is 0 Å². The van der Waals surface area contributed by atoms with Crippen molar-refractivity contribution < 1.29 is 9.59 Å². The van der Waals surface area contributed by atoms with Gasteiger partial charge in [0.1, 0.15) is 0 Å². The Kier molecular flexibility index (Phi) is 5.97. The zero-order valence-corrected chi connectivity index (χ0v) is 15.0. The molecule has 1 heterocycles. The van der Waals surface area contributed by atoms with Crippen molar-refractivity contribution in [1.29, 1.82) is 0 Å². The molecule has 1 saturated heterocycles. The number of benzene rings is 1. The van der Waals surface area contributed by atoms with E-state index in [2.05, 4.69) is 17.5 Å². The van der Waals surface area contributed by atoms with Crippen molar-refractivity contribution in [3.8, 4) is 0 Å². The number of rotatable bonds is 3. The second-order valence-electron chi connectivity index (χ2n) is 6.63. The third-order valence-corrected chi connectivity index (χ3v) is 5.08. The Balaban J connectivity index is 1.45. The number of carbonyl (C=O) groups excluding carboxylic acids is 2. The van der Waals surface area contributed by atoms with E-state index in [1.54, 1.807) is 34.1 Å². The molecule has 134 valence electrons. The quantitative estimate of drug-likeness (QED) is 0.841. The van der Waals surface area contributed by atoms with Crippen LogP contribution >= 0.6 is 11.6 Å². The van der Waals surface area contributed by atoms with Gasteiger partial charge in [0.05, 0.1) is 0 Å². The summed E-state index contributed by atoms with van der Waals surface area (Å²) < 4.78 is 0. The summed E-state index contributed by atoms with van der Waals surface area (Å²) in [4.78, 5) is 28.4. The third-order valence-electron chi connectivity index (χ3n) is 4.85. The van der Waals surface area contributed by atoms with Crippen LogP contribution < -0.4 is 5.32 Å². The summed E-state index contributed by atoms with van der Waals surface area (Å²) in [5.41, 5.74) is 0.593. The van der Waals surface area contributed by atoms with Crippen molar-refractivity contribution >= 4 is 23.5 Å². The van der Waals surface area contributed by atoms with Gasteiger partial charge in [-0.3, -0.25) is 4.79 Å². The van der Waals surface area contributed by atoms with Crippen LogP contribution in [0.1, 0.15) is 29.6 Å². The fraction of sp³-hybridized carbons (Fsp3) is 0.474. The van der Waals surface area contributed by atoms with Crippen LogP contribution in [0, 0.1) is 5.92 Å². The van der Waals surface area contributed by atoms with Crippen LogP contribution in [0.5, 0.6) is 0 Å². The van der Waals surface area contributed by atoms with Gasteiger partial charge in [-0.15, -0.1) is 0 Å². The van der Waals surface area contributed by atoms with Crippen molar-refractivity contribution in [2.75, 3.05) is 32.7 Å². The van der Waals surface area contributed by atoms with E-state index in [-0.39, 0.29) is 11.9 Å². The summed E-state index contributed by atoms with van der Waals surface area (Å²) in [5, 5.41) is 3.59. The molecule has 1 aliphatic heterocycles. The summed E-state index contributed by atoms with van der Waals surface area (Å²) in [6, 6.07) is 6.96. The molecule has 0 bridgehead atoms. The second-order valence-corrected chi connectivity index (χ2v) is 7.06. The zero-order chi connectivity index (χ0) is 17.6. The molecule has 3 rings (SSSR count). The van der Waals surface area contributed by atoms with Gasteiger partial charge in [-0.2, -0.15) is 0 Å². The molecule has 0 radical (unpaired) electrons. The Labute approximate surface area is 153 Å². The van der Waals surface area contributed by atoms with Crippen molar-refractivity contribution in [1.82, 2.24) is 15.1 Å². The molecule has 1 aliphatic carbocycles. The Hall–Kier alpha value is -2.01. The number of allylic oxidation sites excluding steroid dienone is 2. The first-order chi connectivity index (χ1) is 12.1. The first-order valence-electron chi connectivity index (χ1n) is 8.86. The molecular weight excluding hydrogens is 338 g/mol. The highest BCUT2D eigenvalue weighted by atomic mass is 35.5. The molecule has 25 heavy (non-hydrogen) atoms. The van der Waals surface area contributed by atoms with Crippen LogP contribution in [-0.4, -0.2) is 54.5 Å². The monoisotopic (exact) mass is 361 g/mol. The molecule has 6 heteroatoms. The molecule has 1 N–H and O–H groups in total. The zero-order valence-electron chi connectivity index (χ0n) is 14.3. The van der Waals surface area contributed by atoms with Crippen LogP contribution in [0.15, 0.2) is 36.4 Å². The molecule has 3 amide bonds. The maximum Gasteiger partial charge on any atom is 0.317 e. The van der Waals surface area contributed by atoms with Gasteiger partial charge in [0.2, 0.25) is 0 Å². The predicted octanol–water partition coefficient (Wildman–Crippen LogP) is 3.16. The number of urea groups is 1. The van der Waals surface area contributed by atoms with Crippen molar-refractivity contribution in [2.24, 2.45) is 5.92 Å². The fourth-order valence-electron chi connectivity index (χ4n) is 3.30. The van der Waals surface area contributed by atoms with Gasteiger partial charge in [-0.25, -0.2) is 4.79 Å². The molecule has 0 aromatic heterocycles. The first-order valence-corrected chi connectivity index (χ1v) is 9.24. The highest BCUT2D eigenvalue weighted by molar-refractivity contribution is 6.30. The second kappa shape index (κ2) is 8.39. The number of hydrogen-bond acceptors (Lipinski definition) is 2. The normalized spacial score (nSPS) is 20.4. The number of halogens is 1. The first kappa shape index (κ1) is 17.8. The van der Waals surface area contributed by atoms with Crippen LogP contribution in [-0.2, 0) is 0 Å². The Morgan fingerprint density at radius 3 is 2.56 bits per heavy atom. The summed E-state index contributed by atoms with van der Waals surface area (Å²) >= 11 is 5.96. The smallest absolute Gasteiger partial charge is 0.317 e. The highest BCUT2D eigenvalue weighted by Crippen LogP contribution is 2.17. The van der Waals surface area contributed by atoms with E-state index >= 15 is 0 Å². The third kappa shape index (κ3) is 4.75. The van der Waals surface area contributed by atoms with Crippen LogP contribution in [0.4, 0.5) is 4.79 Å². The molecule has 0 spiro atoms. The summed E-state index contributed by atoms with van der Waals surface area (Å²) in [6.07, 6.45) is 7.68. The molecule has 1 aromatic carbocycles. The van der Waals surface area contributed by atoms with Crippen LogP contribution in [0.25, 0.3) is 0 Å². The molecule has 1 atom stereocenters. The number of nitrogens with zero attached hydrogens (tertiary/aromatic N) is 2. The number of amides is 3. The molecule has 0 saturated carbocycles. The number of hydrogen-bond donors (Lipinski definition) is 1. The number of carbonyl (C=O) groups is 2. The maximum atomic E-state index is 12.5. The predicted molar refractivity (Wildman–Crippen MR) is 98.8 cm³/mol. The van der Waals surface area contributed by atoms with Crippen LogP contribution in [0.2, 0.25) is 5.02 Å². The largest absolute Gasteiger partial charge is 0.338 e. The minimum Gasteiger partial charge on any atom is -0.338 e. The van der Waals surface area contributed by atoms with E-state index in [4.69, 9.17) is 11.6 Å². The van der Waals surface area contributed by atoms with E-state index in [1.807, 2.05) is 0 Å². The summed E-state index contributed by atoms with van der Waals surface area (Å²) in [6.45, 7) is 2.94. The SMILES string of the molecule is O=C(NCC1CC=CCC1)N1CCN(C(=O)c2cccc(Cl)c2)CC1. The van der Waals surface area contributed by atoms with Gasteiger partial charge in [-0.05, 0) is 43.4 Å². The lowest BCUT2D eigenvalue weighted by Gasteiger charge is -2.35. The van der Waals surface area contributed by atoms with Gasteiger partial charge in [0.15, 0.2) is 0 Å². The van der Waals surface area contributed by atoms with Gasteiger partial charge >= 0.3 is 6.03 Å². The topological polar surface area (TPSA) is 52.7 Å². The molecule has 1 aromatic rings. The van der Waals surface area contributed by atoms with Gasteiger partial charge in [0.25, 0.3) is 5.91 Å². The minimum atomic E-state index is -0.0310. The minimum absolute atomic E-state index is 0.0237. The van der Waals surface area contributed by atoms with E-state index in [0.29, 0.717) is 42.7 Å². The molecule has 1 fully saturated rings. The van der Waals surface area contributed by atoms with Crippen molar-refractivity contribution in [2.45, 2.75) is 19.3 Å². The summed E-state index contributed by atoms with van der Waals surface area (Å²) in [7, 11) is 0. The summed E-state index contributed by atoms with van der Waals surface area (Å²) in [5.74, 6) is 0.510.